The maximum absolute atomic E-state index is 9.67. The van der Waals surface area contributed by atoms with Crippen LogP contribution in [0.2, 0.25) is 0 Å². The predicted molar refractivity (Wildman–Crippen MR) is 83.5 cm³/mol. The lowest BCUT2D eigenvalue weighted by atomic mass is 10.1. The third-order valence-electron chi connectivity index (χ3n) is 3.28. The van der Waals surface area contributed by atoms with Gasteiger partial charge in [0.15, 0.2) is 0 Å². The van der Waals surface area contributed by atoms with Crippen LogP contribution in [-0.2, 0) is 6.54 Å². The number of likely N-dealkylation sites (N-methyl/N-ethyl adjacent to an activating group) is 1. The van der Waals surface area contributed by atoms with Crippen molar-refractivity contribution < 1.29 is 10.2 Å². The first-order chi connectivity index (χ1) is 9.60. The van der Waals surface area contributed by atoms with Crippen molar-refractivity contribution in [3.05, 3.63) is 64.1 Å². The van der Waals surface area contributed by atoms with Crippen molar-refractivity contribution in [3.63, 3.8) is 0 Å². The fraction of sp³-hybridized carbons (Fsp3) is 0.250. The van der Waals surface area contributed by atoms with Crippen molar-refractivity contribution in [3.8, 4) is 5.75 Å². The van der Waals surface area contributed by atoms with Gasteiger partial charge in [-0.15, -0.1) is 0 Å². The first kappa shape index (κ1) is 15.0. The van der Waals surface area contributed by atoms with Crippen LogP contribution in [0.4, 0.5) is 0 Å². The predicted octanol–water partition coefficient (Wildman–Crippen LogP) is 3.32. The van der Waals surface area contributed by atoms with Crippen LogP contribution in [0.3, 0.4) is 0 Å². The molecule has 0 aliphatic heterocycles. The molecule has 0 radical (unpaired) electrons. The van der Waals surface area contributed by atoms with Crippen molar-refractivity contribution >= 4 is 15.9 Å². The standard InChI is InChI=1S/C16H18BrNO2/c1-18(10-12-4-2-7-15(20)8-12)16(11-19)13-5-3-6-14(17)9-13/h2-9,16,19-20H,10-11H2,1H3. The van der Waals surface area contributed by atoms with Crippen molar-refractivity contribution in [1.82, 2.24) is 4.90 Å². The van der Waals surface area contributed by atoms with Crippen LogP contribution in [0.15, 0.2) is 53.0 Å². The molecular formula is C16H18BrNO2. The molecule has 4 heteroatoms. The van der Waals surface area contributed by atoms with Crippen molar-refractivity contribution in [2.75, 3.05) is 13.7 Å². The van der Waals surface area contributed by atoms with Gasteiger partial charge < -0.3 is 10.2 Å². The summed E-state index contributed by atoms with van der Waals surface area (Å²) in [6.07, 6.45) is 0. The van der Waals surface area contributed by atoms with E-state index in [1.165, 1.54) is 0 Å². The molecule has 1 atom stereocenters. The molecule has 0 spiro atoms. The van der Waals surface area contributed by atoms with Gasteiger partial charge in [-0.3, -0.25) is 4.90 Å². The number of halogens is 1. The Morgan fingerprint density at radius 2 is 1.90 bits per heavy atom. The highest BCUT2D eigenvalue weighted by atomic mass is 79.9. The Bertz CT molecular complexity index is 574. The van der Waals surface area contributed by atoms with Gasteiger partial charge in [0.25, 0.3) is 0 Å². The second kappa shape index (κ2) is 6.88. The van der Waals surface area contributed by atoms with Crippen LogP contribution >= 0.6 is 15.9 Å². The number of phenols is 1. The summed E-state index contributed by atoms with van der Waals surface area (Å²) in [5.41, 5.74) is 2.07. The molecule has 3 nitrogen and oxygen atoms in total. The minimum atomic E-state index is -0.0742. The lowest BCUT2D eigenvalue weighted by Crippen LogP contribution is -2.26. The molecule has 2 N–H and O–H groups in total. The van der Waals surface area contributed by atoms with Crippen LogP contribution < -0.4 is 0 Å². The zero-order valence-corrected chi connectivity index (χ0v) is 12.9. The highest BCUT2D eigenvalue weighted by Crippen LogP contribution is 2.24. The Hall–Kier alpha value is -1.36. The van der Waals surface area contributed by atoms with Gasteiger partial charge in [-0.2, -0.15) is 0 Å². The molecule has 0 aliphatic carbocycles. The van der Waals surface area contributed by atoms with Gasteiger partial charge in [-0.05, 0) is 42.4 Å². The molecule has 2 rings (SSSR count). The van der Waals surface area contributed by atoms with E-state index < -0.39 is 0 Å². The SMILES string of the molecule is CN(Cc1cccc(O)c1)C(CO)c1cccc(Br)c1. The van der Waals surface area contributed by atoms with Gasteiger partial charge in [-0.25, -0.2) is 0 Å². The van der Waals surface area contributed by atoms with Crippen LogP contribution in [0, 0.1) is 0 Å². The van der Waals surface area contributed by atoms with E-state index in [4.69, 9.17) is 0 Å². The van der Waals surface area contributed by atoms with Crippen molar-refractivity contribution in [1.29, 1.82) is 0 Å². The van der Waals surface area contributed by atoms with E-state index in [2.05, 4.69) is 20.8 Å². The Labute approximate surface area is 127 Å². The normalized spacial score (nSPS) is 12.6. The van der Waals surface area contributed by atoms with Gasteiger partial charge in [0.2, 0.25) is 0 Å². The maximum atomic E-state index is 9.67. The Morgan fingerprint density at radius 1 is 1.15 bits per heavy atom. The van der Waals surface area contributed by atoms with Crippen molar-refractivity contribution in [2.45, 2.75) is 12.6 Å². The molecule has 20 heavy (non-hydrogen) atoms. The third kappa shape index (κ3) is 3.82. The number of nitrogens with zero attached hydrogens (tertiary/aromatic N) is 1. The maximum Gasteiger partial charge on any atom is 0.115 e. The number of aliphatic hydroxyl groups excluding tert-OH is 1. The van der Waals surface area contributed by atoms with Crippen LogP contribution in [0.1, 0.15) is 17.2 Å². The second-order valence-electron chi connectivity index (χ2n) is 4.84. The summed E-state index contributed by atoms with van der Waals surface area (Å²) >= 11 is 3.45. The molecule has 1 unspecified atom stereocenters. The Kier molecular flexibility index (Phi) is 5.17. The second-order valence-corrected chi connectivity index (χ2v) is 5.75. The minimum Gasteiger partial charge on any atom is -0.508 e. The van der Waals surface area contributed by atoms with Gasteiger partial charge in [0.05, 0.1) is 12.6 Å². The van der Waals surface area contributed by atoms with E-state index in [1.54, 1.807) is 12.1 Å². The largest absolute Gasteiger partial charge is 0.508 e. The van der Waals surface area contributed by atoms with E-state index in [0.717, 1.165) is 15.6 Å². The molecule has 0 bridgehead atoms. The van der Waals surface area contributed by atoms with E-state index in [-0.39, 0.29) is 18.4 Å². The summed E-state index contributed by atoms with van der Waals surface area (Å²) in [5, 5.41) is 19.2. The van der Waals surface area contributed by atoms with Gasteiger partial charge >= 0.3 is 0 Å². The topological polar surface area (TPSA) is 43.7 Å². The number of hydrogen-bond donors (Lipinski definition) is 2. The van der Waals surface area contributed by atoms with Crippen LogP contribution in [0.5, 0.6) is 5.75 Å². The molecule has 0 fully saturated rings. The van der Waals surface area contributed by atoms with E-state index in [9.17, 15) is 10.2 Å². The number of rotatable bonds is 5. The first-order valence-electron chi connectivity index (χ1n) is 6.44. The van der Waals surface area contributed by atoms with Crippen LogP contribution in [-0.4, -0.2) is 28.8 Å². The molecule has 0 amide bonds. The first-order valence-corrected chi connectivity index (χ1v) is 7.24. The quantitative estimate of drug-likeness (QED) is 0.880. The highest BCUT2D eigenvalue weighted by molar-refractivity contribution is 9.10. The Balaban J connectivity index is 2.15. The van der Waals surface area contributed by atoms with E-state index in [0.29, 0.717) is 6.54 Å². The summed E-state index contributed by atoms with van der Waals surface area (Å²) in [4.78, 5) is 2.07. The fourth-order valence-electron chi connectivity index (χ4n) is 2.27. The molecular weight excluding hydrogens is 318 g/mol. The number of hydrogen-bond acceptors (Lipinski definition) is 3. The molecule has 106 valence electrons. The van der Waals surface area contributed by atoms with E-state index >= 15 is 0 Å². The highest BCUT2D eigenvalue weighted by Gasteiger charge is 2.16. The summed E-state index contributed by atoms with van der Waals surface area (Å²) < 4.78 is 0.999. The number of aliphatic hydroxyl groups is 1. The Morgan fingerprint density at radius 3 is 2.55 bits per heavy atom. The summed E-state index contributed by atoms with van der Waals surface area (Å²) in [5.74, 6) is 0.263. The molecule has 2 aromatic rings. The number of benzene rings is 2. The molecule has 0 heterocycles. The van der Waals surface area contributed by atoms with Gasteiger partial charge in [0, 0.05) is 11.0 Å². The van der Waals surface area contributed by atoms with Gasteiger partial charge in [-0.1, -0.05) is 40.2 Å². The molecule has 2 aromatic carbocycles. The minimum absolute atomic E-state index is 0.0474. The molecule has 0 aromatic heterocycles. The average molecular weight is 336 g/mol. The van der Waals surface area contributed by atoms with Crippen LogP contribution in [0.25, 0.3) is 0 Å². The zero-order valence-electron chi connectivity index (χ0n) is 11.3. The number of phenolic OH excluding ortho intramolecular Hbond substituents is 1. The third-order valence-corrected chi connectivity index (χ3v) is 3.77. The van der Waals surface area contributed by atoms with Gasteiger partial charge in [0.1, 0.15) is 5.75 Å². The summed E-state index contributed by atoms with van der Waals surface area (Å²) in [7, 11) is 1.96. The smallest absolute Gasteiger partial charge is 0.115 e. The van der Waals surface area contributed by atoms with Crippen molar-refractivity contribution in [2.24, 2.45) is 0 Å². The number of aromatic hydroxyl groups is 1. The zero-order chi connectivity index (χ0) is 14.5. The summed E-state index contributed by atoms with van der Waals surface area (Å²) in [6, 6.07) is 15.1. The van der Waals surface area contributed by atoms with E-state index in [1.807, 2.05) is 43.4 Å². The molecule has 0 saturated carbocycles. The lowest BCUT2D eigenvalue weighted by Gasteiger charge is -2.27. The fourth-order valence-corrected chi connectivity index (χ4v) is 2.68. The average Bonchev–Trinajstić information content (AvgIpc) is 2.39. The molecule has 0 aliphatic rings. The molecule has 0 saturated heterocycles. The monoisotopic (exact) mass is 335 g/mol. The lowest BCUT2D eigenvalue weighted by molar-refractivity contribution is 0.142. The summed E-state index contributed by atoms with van der Waals surface area (Å²) in [6.45, 7) is 0.706.